The van der Waals surface area contributed by atoms with Gasteiger partial charge in [-0.3, -0.25) is 4.90 Å². The van der Waals surface area contributed by atoms with Gasteiger partial charge in [-0.15, -0.1) is 11.3 Å². The van der Waals surface area contributed by atoms with Crippen LogP contribution in [0.5, 0.6) is 0 Å². The Morgan fingerprint density at radius 1 is 1.28 bits per heavy atom. The number of hydrogen-bond donors (Lipinski definition) is 1. The summed E-state index contributed by atoms with van der Waals surface area (Å²) >= 11 is 6.81. The van der Waals surface area contributed by atoms with Crippen LogP contribution in [0.25, 0.3) is 0 Å². The SMILES string of the molecule is CC(C)(C)OC(=O)N1CCN(CCNS(=O)(=O)c2ccc(Cl)s2)CC1. The quantitative estimate of drug-likeness (QED) is 0.806. The summed E-state index contributed by atoms with van der Waals surface area (Å²) < 4.78 is 32.8. The lowest BCUT2D eigenvalue weighted by atomic mass is 10.2. The maximum Gasteiger partial charge on any atom is 0.410 e. The fourth-order valence-corrected chi connectivity index (χ4v) is 4.88. The second-order valence-electron chi connectivity index (χ2n) is 6.77. The highest BCUT2D eigenvalue weighted by Crippen LogP contribution is 2.25. The maximum atomic E-state index is 12.1. The number of piperazine rings is 1. The number of sulfonamides is 1. The number of rotatable bonds is 5. The van der Waals surface area contributed by atoms with Gasteiger partial charge in [0, 0.05) is 39.3 Å². The second kappa shape index (κ2) is 8.22. The van der Waals surface area contributed by atoms with Crippen molar-refractivity contribution in [3.8, 4) is 0 Å². The topological polar surface area (TPSA) is 79.0 Å². The number of carbonyl (C=O) groups excluding carboxylic acids is 1. The summed E-state index contributed by atoms with van der Waals surface area (Å²) in [6, 6.07) is 3.06. The first-order chi connectivity index (χ1) is 11.6. The molecular weight excluding hydrogens is 386 g/mol. The maximum absolute atomic E-state index is 12.1. The standard InChI is InChI=1S/C15H24ClN3O4S2/c1-15(2,3)23-14(20)19-10-8-18(9-11-19)7-6-17-25(21,22)13-5-4-12(16)24-13/h4-5,17H,6-11H2,1-3H3. The van der Waals surface area contributed by atoms with Crippen LogP contribution in [-0.4, -0.2) is 69.2 Å². The Kier molecular flexibility index (Phi) is 6.72. The van der Waals surface area contributed by atoms with Gasteiger partial charge in [0.2, 0.25) is 10.0 Å². The van der Waals surface area contributed by atoms with Crippen LogP contribution in [0.4, 0.5) is 4.79 Å². The highest BCUT2D eigenvalue weighted by atomic mass is 35.5. The van der Waals surface area contributed by atoms with E-state index in [9.17, 15) is 13.2 Å². The number of hydrogen-bond acceptors (Lipinski definition) is 6. The minimum absolute atomic E-state index is 0.215. The Morgan fingerprint density at radius 2 is 1.92 bits per heavy atom. The van der Waals surface area contributed by atoms with Gasteiger partial charge in [0.15, 0.2) is 0 Å². The number of nitrogens with one attached hydrogen (secondary N) is 1. The van der Waals surface area contributed by atoms with Gasteiger partial charge < -0.3 is 9.64 Å². The Bertz CT molecular complexity index is 692. The fraction of sp³-hybridized carbons (Fsp3) is 0.667. The molecule has 1 saturated heterocycles. The van der Waals surface area contributed by atoms with Gasteiger partial charge in [0.25, 0.3) is 0 Å². The summed E-state index contributed by atoms with van der Waals surface area (Å²) in [6.45, 7) is 8.93. The van der Waals surface area contributed by atoms with Crippen molar-refractivity contribution in [1.82, 2.24) is 14.5 Å². The van der Waals surface area contributed by atoms with E-state index in [1.165, 1.54) is 6.07 Å². The zero-order valence-corrected chi connectivity index (χ0v) is 17.0. The molecule has 1 aliphatic rings. The number of halogens is 1. The van der Waals surface area contributed by atoms with E-state index in [2.05, 4.69) is 9.62 Å². The molecule has 1 aliphatic heterocycles. The lowest BCUT2D eigenvalue weighted by Gasteiger charge is -2.35. The zero-order chi connectivity index (χ0) is 18.7. The number of ether oxygens (including phenoxy) is 1. The van der Waals surface area contributed by atoms with Crippen LogP contribution in [0.15, 0.2) is 16.3 Å². The van der Waals surface area contributed by atoms with E-state index in [1.54, 1.807) is 11.0 Å². The molecule has 0 bridgehead atoms. The van der Waals surface area contributed by atoms with Crippen LogP contribution in [0.2, 0.25) is 4.34 Å². The first-order valence-electron chi connectivity index (χ1n) is 8.02. The molecule has 142 valence electrons. The third kappa shape index (κ3) is 6.41. The summed E-state index contributed by atoms with van der Waals surface area (Å²) in [5.41, 5.74) is -0.503. The van der Waals surface area contributed by atoms with Crippen LogP contribution in [-0.2, 0) is 14.8 Å². The van der Waals surface area contributed by atoms with E-state index in [-0.39, 0.29) is 10.3 Å². The van der Waals surface area contributed by atoms with Crippen LogP contribution in [0, 0.1) is 0 Å². The molecule has 1 amide bonds. The molecule has 0 radical (unpaired) electrons. The van der Waals surface area contributed by atoms with Crippen LogP contribution >= 0.6 is 22.9 Å². The lowest BCUT2D eigenvalue weighted by molar-refractivity contribution is 0.0147. The molecule has 0 spiro atoms. The normalized spacial score (nSPS) is 16.9. The van der Waals surface area contributed by atoms with E-state index in [4.69, 9.17) is 16.3 Å². The highest BCUT2D eigenvalue weighted by molar-refractivity contribution is 7.91. The van der Waals surface area contributed by atoms with Gasteiger partial charge in [-0.25, -0.2) is 17.9 Å². The molecule has 0 aromatic carbocycles. The predicted molar refractivity (Wildman–Crippen MR) is 98.8 cm³/mol. The summed E-state index contributed by atoms with van der Waals surface area (Å²) in [5.74, 6) is 0. The monoisotopic (exact) mass is 409 g/mol. The molecule has 25 heavy (non-hydrogen) atoms. The number of nitrogens with zero attached hydrogens (tertiary/aromatic N) is 2. The fourth-order valence-electron chi connectivity index (χ4n) is 2.33. The molecule has 1 fully saturated rings. The number of amides is 1. The van der Waals surface area contributed by atoms with Crippen LogP contribution < -0.4 is 4.72 Å². The van der Waals surface area contributed by atoms with E-state index >= 15 is 0 Å². The van der Waals surface area contributed by atoms with Crippen LogP contribution in [0.1, 0.15) is 20.8 Å². The van der Waals surface area contributed by atoms with Crippen molar-refractivity contribution in [2.24, 2.45) is 0 Å². The molecule has 1 aromatic rings. The number of carbonyl (C=O) groups is 1. The first-order valence-corrected chi connectivity index (χ1v) is 10.7. The number of thiophene rings is 1. The van der Waals surface area contributed by atoms with Crippen molar-refractivity contribution in [3.05, 3.63) is 16.5 Å². The average molecular weight is 410 g/mol. The van der Waals surface area contributed by atoms with Gasteiger partial charge in [0.1, 0.15) is 9.81 Å². The summed E-state index contributed by atoms with van der Waals surface area (Å²) in [5, 5.41) is 0. The van der Waals surface area contributed by atoms with E-state index in [1.807, 2.05) is 20.8 Å². The van der Waals surface area contributed by atoms with Crippen molar-refractivity contribution < 1.29 is 17.9 Å². The van der Waals surface area contributed by atoms with Gasteiger partial charge in [0.05, 0.1) is 4.34 Å². The third-order valence-corrected chi connectivity index (χ3v) is 6.74. The van der Waals surface area contributed by atoms with Crippen molar-refractivity contribution >= 4 is 39.1 Å². The summed E-state index contributed by atoms with van der Waals surface area (Å²) in [7, 11) is -3.51. The minimum Gasteiger partial charge on any atom is -0.444 e. The molecule has 0 unspecified atom stereocenters. The van der Waals surface area contributed by atoms with Crippen molar-refractivity contribution in [2.45, 2.75) is 30.6 Å². The third-order valence-electron chi connectivity index (χ3n) is 3.56. The Hall–Kier alpha value is -0.870. The first kappa shape index (κ1) is 20.4. The van der Waals surface area contributed by atoms with Crippen molar-refractivity contribution in [3.63, 3.8) is 0 Å². The predicted octanol–water partition coefficient (Wildman–Crippen LogP) is 2.23. The molecular formula is C15H24ClN3O4S2. The highest BCUT2D eigenvalue weighted by Gasteiger charge is 2.26. The van der Waals surface area contributed by atoms with Crippen molar-refractivity contribution in [1.29, 1.82) is 0 Å². The molecule has 1 N–H and O–H groups in total. The molecule has 0 atom stereocenters. The van der Waals surface area contributed by atoms with Crippen LogP contribution in [0.3, 0.4) is 0 Å². The molecule has 10 heteroatoms. The molecule has 7 nitrogen and oxygen atoms in total. The van der Waals surface area contributed by atoms with E-state index in [0.29, 0.717) is 43.6 Å². The van der Waals surface area contributed by atoms with Gasteiger partial charge in [-0.05, 0) is 32.9 Å². The Morgan fingerprint density at radius 3 is 2.44 bits per heavy atom. The molecule has 1 aromatic heterocycles. The summed E-state index contributed by atoms with van der Waals surface area (Å²) in [6.07, 6.45) is -0.303. The Labute approximate surface area is 157 Å². The average Bonchev–Trinajstić information content (AvgIpc) is 2.93. The van der Waals surface area contributed by atoms with Gasteiger partial charge in [-0.2, -0.15) is 0 Å². The Balaban J connectivity index is 1.73. The lowest BCUT2D eigenvalue weighted by Crippen LogP contribution is -2.51. The molecule has 2 heterocycles. The van der Waals surface area contributed by atoms with Gasteiger partial charge >= 0.3 is 6.09 Å². The molecule has 0 aliphatic carbocycles. The largest absolute Gasteiger partial charge is 0.444 e. The van der Waals surface area contributed by atoms with Crippen molar-refractivity contribution in [2.75, 3.05) is 39.3 Å². The summed E-state index contributed by atoms with van der Waals surface area (Å²) in [4.78, 5) is 15.8. The van der Waals surface area contributed by atoms with Gasteiger partial charge in [-0.1, -0.05) is 11.6 Å². The molecule has 0 saturated carbocycles. The smallest absolute Gasteiger partial charge is 0.410 e. The van der Waals surface area contributed by atoms with E-state index in [0.717, 1.165) is 11.3 Å². The second-order valence-corrected chi connectivity index (χ2v) is 10.5. The minimum atomic E-state index is -3.51. The zero-order valence-electron chi connectivity index (χ0n) is 14.6. The molecule has 2 rings (SSSR count). The van der Waals surface area contributed by atoms with E-state index < -0.39 is 15.6 Å².